The standard InChI is InChI=1S/C14H15Cl2N3O2/c1-17-12-7-20-6-9(12)14-18-13(19-21-14)5-8-2-3-10(15)11(16)4-8/h2-4,9,12,17H,5-7H2,1H3. The lowest BCUT2D eigenvalue weighted by Crippen LogP contribution is -2.31. The summed E-state index contributed by atoms with van der Waals surface area (Å²) in [5.74, 6) is 1.34. The minimum Gasteiger partial charge on any atom is -0.379 e. The molecule has 1 aromatic carbocycles. The predicted octanol–water partition coefficient (Wildman–Crippen LogP) is 2.67. The number of halogens is 2. The SMILES string of the molecule is CNC1COCC1c1nc(Cc2ccc(Cl)c(Cl)c2)no1. The maximum absolute atomic E-state index is 6.01. The Labute approximate surface area is 132 Å². The molecule has 21 heavy (non-hydrogen) atoms. The number of likely N-dealkylation sites (N-methyl/N-ethyl adjacent to an activating group) is 1. The van der Waals surface area contributed by atoms with Crippen LogP contribution in [0.1, 0.15) is 23.2 Å². The van der Waals surface area contributed by atoms with Gasteiger partial charge < -0.3 is 14.6 Å². The van der Waals surface area contributed by atoms with Crippen molar-refractivity contribution in [2.45, 2.75) is 18.4 Å². The van der Waals surface area contributed by atoms with Gasteiger partial charge in [0.2, 0.25) is 5.89 Å². The fourth-order valence-electron chi connectivity index (χ4n) is 2.40. The Bertz CT molecular complexity index is 632. The van der Waals surface area contributed by atoms with E-state index in [-0.39, 0.29) is 12.0 Å². The van der Waals surface area contributed by atoms with Gasteiger partial charge in [-0.05, 0) is 24.7 Å². The molecule has 1 saturated heterocycles. The second-order valence-electron chi connectivity index (χ2n) is 5.01. The molecule has 2 unspecified atom stereocenters. The number of nitrogens with zero attached hydrogens (tertiary/aromatic N) is 2. The molecule has 2 heterocycles. The quantitative estimate of drug-likeness (QED) is 0.935. The molecule has 2 atom stereocenters. The fraction of sp³-hybridized carbons (Fsp3) is 0.429. The molecular weight excluding hydrogens is 313 g/mol. The average Bonchev–Trinajstić information content (AvgIpc) is 3.11. The van der Waals surface area contributed by atoms with Crippen LogP contribution in [0.15, 0.2) is 22.7 Å². The van der Waals surface area contributed by atoms with Crippen LogP contribution in [0.25, 0.3) is 0 Å². The summed E-state index contributed by atoms with van der Waals surface area (Å²) in [6, 6.07) is 5.69. The highest BCUT2D eigenvalue weighted by molar-refractivity contribution is 6.42. The summed E-state index contributed by atoms with van der Waals surface area (Å²) in [5.41, 5.74) is 0.990. The first-order chi connectivity index (χ1) is 10.2. The largest absolute Gasteiger partial charge is 0.379 e. The van der Waals surface area contributed by atoms with E-state index in [1.807, 2.05) is 19.2 Å². The molecule has 0 radical (unpaired) electrons. The molecule has 0 saturated carbocycles. The zero-order valence-electron chi connectivity index (χ0n) is 11.5. The monoisotopic (exact) mass is 327 g/mol. The minimum atomic E-state index is 0.102. The van der Waals surface area contributed by atoms with Gasteiger partial charge in [-0.1, -0.05) is 34.4 Å². The summed E-state index contributed by atoms with van der Waals surface area (Å²) in [6.07, 6.45) is 0.554. The van der Waals surface area contributed by atoms with Crippen molar-refractivity contribution >= 4 is 23.2 Å². The smallest absolute Gasteiger partial charge is 0.233 e. The highest BCUT2D eigenvalue weighted by Crippen LogP contribution is 2.26. The highest BCUT2D eigenvalue weighted by atomic mass is 35.5. The predicted molar refractivity (Wildman–Crippen MR) is 80.0 cm³/mol. The van der Waals surface area contributed by atoms with E-state index in [1.165, 1.54) is 0 Å². The Kier molecular flexibility index (Phi) is 4.45. The van der Waals surface area contributed by atoms with Crippen LogP contribution in [-0.2, 0) is 11.2 Å². The maximum atomic E-state index is 6.01. The third-order valence-corrected chi connectivity index (χ3v) is 4.34. The van der Waals surface area contributed by atoms with E-state index in [1.54, 1.807) is 6.07 Å². The molecule has 112 valence electrons. The van der Waals surface area contributed by atoms with E-state index < -0.39 is 0 Å². The topological polar surface area (TPSA) is 60.2 Å². The van der Waals surface area contributed by atoms with Crippen molar-refractivity contribution in [2.75, 3.05) is 20.3 Å². The molecule has 1 aliphatic rings. The Morgan fingerprint density at radius 2 is 2.14 bits per heavy atom. The molecule has 3 rings (SSSR count). The summed E-state index contributed by atoms with van der Waals surface area (Å²) in [4.78, 5) is 4.46. The van der Waals surface area contributed by atoms with Gasteiger partial charge in [0.25, 0.3) is 0 Å². The van der Waals surface area contributed by atoms with Crippen molar-refractivity contribution in [2.24, 2.45) is 0 Å². The van der Waals surface area contributed by atoms with Crippen molar-refractivity contribution in [1.29, 1.82) is 0 Å². The van der Waals surface area contributed by atoms with E-state index in [4.69, 9.17) is 32.5 Å². The summed E-state index contributed by atoms with van der Waals surface area (Å²) in [6.45, 7) is 1.26. The second-order valence-corrected chi connectivity index (χ2v) is 5.83. The first kappa shape index (κ1) is 14.8. The van der Waals surface area contributed by atoms with Crippen LogP contribution in [0.2, 0.25) is 10.0 Å². The number of ether oxygens (including phenoxy) is 1. The first-order valence-electron chi connectivity index (χ1n) is 6.69. The number of benzene rings is 1. The van der Waals surface area contributed by atoms with Crippen molar-refractivity contribution in [1.82, 2.24) is 15.5 Å². The lowest BCUT2D eigenvalue weighted by molar-refractivity contribution is 0.185. The Morgan fingerprint density at radius 3 is 2.90 bits per heavy atom. The van der Waals surface area contributed by atoms with Gasteiger partial charge in [0.15, 0.2) is 5.82 Å². The van der Waals surface area contributed by atoms with Gasteiger partial charge in [-0.15, -0.1) is 0 Å². The van der Waals surface area contributed by atoms with Crippen molar-refractivity contribution < 1.29 is 9.26 Å². The molecule has 1 N–H and O–H groups in total. The van der Waals surface area contributed by atoms with Crippen LogP contribution < -0.4 is 5.32 Å². The summed E-state index contributed by atoms with van der Waals surface area (Å²) in [7, 11) is 1.90. The van der Waals surface area contributed by atoms with Crippen LogP contribution in [0.4, 0.5) is 0 Å². The number of aromatic nitrogens is 2. The van der Waals surface area contributed by atoms with Gasteiger partial charge in [-0.25, -0.2) is 0 Å². The van der Waals surface area contributed by atoms with E-state index in [0.29, 0.717) is 41.4 Å². The number of nitrogens with one attached hydrogen (secondary N) is 1. The molecule has 1 aliphatic heterocycles. The number of hydrogen-bond acceptors (Lipinski definition) is 5. The first-order valence-corrected chi connectivity index (χ1v) is 7.44. The molecular formula is C14H15Cl2N3O2. The minimum absolute atomic E-state index is 0.102. The van der Waals surface area contributed by atoms with Crippen LogP contribution in [0.3, 0.4) is 0 Å². The van der Waals surface area contributed by atoms with E-state index in [0.717, 1.165) is 5.56 Å². The lowest BCUT2D eigenvalue weighted by atomic mass is 10.0. The lowest BCUT2D eigenvalue weighted by Gasteiger charge is -2.11. The molecule has 5 nitrogen and oxygen atoms in total. The van der Waals surface area contributed by atoms with Gasteiger partial charge in [-0.3, -0.25) is 0 Å². The van der Waals surface area contributed by atoms with E-state index in [2.05, 4.69) is 15.5 Å². The molecule has 0 amide bonds. The second kappa shape index (κ2) is 6.32. The average molecular weight is 328 g/mol. The third kappa shape index (κ3) is 3.21. The van der Waals surface area contributed by atoms with Crippen LogP contribution in [0, 0.1) is 0 Å². The fourth-order valence-corrected chi connectivity index (χ4v) is 2.72. The summed E-state index contributed by atoms with van der Waals surface area (Å²) in [5, 5.41) is 8.29. The van der Waals surface area contributed by atoms with Gasteiger partial charge >= 0.3 is 0 Å². The van der Waals surface area contributed by atoms with Crippen molar-refractivity contribution in [3.63, 3.8) is 0 Å². The van der Waals surface area contributed by atoms with Gasteiger partial charge in [-0.2, -0.15) is 4.98 Å². The molecule has 2 aromatic rings. The van der Waals surface area contributed by atoms with Gasteiger partial charge in [0.05, 0.1) is 29.2 Å². The Balaban J connectivity index is 1.74. The zero-order chi connectivity index (χ0) is 14.8. The number of hydrogen-bond donors (Lipinski definition) is 1. The summed E-state index contributed by atoms with van der Waals surface area (Å²) >= 11 is 11.9. The maximum Gasteiger partial charge on any atom is 0.233 e. The molecule has 1 aromatic heterocycles. The Morgan fingerprint density at radius 1 is 1.29 bits per heavy atom. The van der Waals surface area contributed by atoms with Crippen LogP contribution in [0.5, 0.6) is 0 Å². The van der Waals surface area contributed by atoms with Gasteiger partial charge in [0, 0.05) is 12.5 Å². The third-order valence-electron chi connectivity index (χ3n) is 3.60. The molecule has 1 fully saturated rings. The highest BCUT2D eigenvalue weighted by Gasteiger charge is 2.32. The van der Waals surface area contributed by atoms with Crippen LogP contribution in [-0.4, -0.2) is 36.4 Å². The molecule has 0 aliphatic carbocycles. The van der Waals surface area contributed by atoms with Crippen molar-refractivity contribution in [3.8, 4) is 0 Å². The van der Waals surface area contributed by atoms with E-state index in [9.17, 15) is 0 Å². The summed E-state index contributed by atoms with van der Waals surface area (Å²) < 4.78 is 10.8. The number of rotatable bonds is 4. The zero-order valence-corrected chi connectivity index (χ0v) is 13.0. The van der Waals surface area contributed by atoms with Crippen LogP contribution >= 0.6 is 23.2 Å². The molecule has 7 heteroatoms. The molecule has 0 spiro atoms. The van der Waals surface area contributed by atoms with Crippen molar-refractivity contribution in [3.05, 3.63) is 45.5 Å². The van der Waals surface area contributed by atoms with Gasteiger partial charge in [0.1, 0.15) is 0 Å². The normalized spacial score (nSPS) is 21.9. The van der Waals surface area contributed by atoms with E-state index >= 15 is 0 Å². The Hall–Kier alpha value is -1.14. The molecule has 0 bridgehead atoms.